The van der Waals surface area contributed by atoms with Gasteiger partial charge in [-0.25, -0.2) is 0 Å². The lowest BCUT2D eigenvalue weighted by Crippen LogP contribution is -2.18. The third-order valence-electron chi connectivity index (χ3n) is 2.59. The summed E-state index contributed by atoms with van der Waals surface area (Å²) >= 11 is 0. The molecule has 78 valence electrons. The number of aryl methyl sites for hydroxylation is 1. The highest BCUT2D eigenvalue weighted by atomic mass is 16.3. The van der Waals surface area contributed by atoms with Gasteiger partial charge in [-0.05, 0) is 35.6 Å². The molecule has 1 rings (SSSR count). The Kier molecular flexibility index (Phi) is 3.53. The van der Waals surface area contributed by atoms with E-state index in [1.165, 1.54) is 5.56 Å². The molecule has 0 saturated carbocycles. The summed E-state index contributed by atoms with van der Waals surface area (Å²) in [4.78, 5) is 0. The minimum absolute atomic E-state index is 0.0112. The first kappa shape index (κ1) is 11.1. The van der Waals surface area contributed by atoms with Gasteiger partial charge < -0.3 is 10.8 Å². The normalized spacial score (nSPS) is 13.2. The molecule has 0 bridgehead atoms. The molecule has 0 amide bonds. The van der Waals surface area contributed by atoms with Gasteiger partial charge in [-0.2, -0.15) is 0 Å². The van der Waals surface area contributed by atoms with Crippen molar-refractivity contribution in [1.82, 2.24) is 0 Å². The minimum Gasteiger partial charge on any atom is -0.508 e. The van der Waals surface area contributed by atoms with E-state index in [9.17, 15) is 5.11 Å². The molecule has 2 heteroatoms. The lowest BCUT2D eigenvalue weighted by molar-refractivity contribution is 0.467. The highest BCUT2D eigenvalue weighted by Gasteiger charge is 2.14. The van der Waals surface area contributed by atoms with E-state index in [0.717, 1.165) is 12.0 Å². The van der Waals surface area contributed by atoms with Crippen LogP contribution in [0, 0.1) is 5.92 Å². The molecule has 0 heterocycles. The van der Waals surface area contributed by atoms with Gasteiger partial charge >= 0.3 is 0 Å². The number of hydrogen-bond acceptors (Lipinski definition) is 2. The minimum atomic E-state index is 0.0112. The first-order valence-corrected chi connectivity index (χ1v) is 5.13. The van der Waals surface area contributed by atoms with Gasteiger partial charge in [0.2, 0.25) is 0 Å². The summed E-state index contributed by atoms with van der Waals surface area (Å²) in [5.74, 6) is 0.690. The summed E-state index contributed by atoms with van der Waals surface area (Å²) in [5, 5.41) is 9.41. The maximum atomic E-state index is 9.41. The largest absolute Gasteiger partial charge is 0.508 e. The molecular formula is C12H19NO. The number of aromatic hydroxyl groups is 1. The van der Waals surface area contributed by atoms with Crippen LogP contribution in [-0.2, 0) is 6.42 Å². The fraction of sp³-hybridized carbons (Fsp3) is 0.500. The highest BCUT2D eigenvalue weighted by molar-refractivity contribution is 5.37. The van der Waals surface area contributed by atoms with Gasteiger partial charge in [0.05, 0.1) is 0 Å². The van der Waals surface area contributed by atoms with E-state index in [4.69, 9.17) is 5.73 Å². The van der Waals surface area contributed by atoms with Crippen LogP contribution in [-0.4, -0.2) is 5.11 Å². The van der Waals surface area contributed by atoms with Crippen molar-refractivity contribution in [1.29, 1.82) is 0 Å². The zero-order valence-corrected chi connectivity index (χ0v) is 9.12. The number of benzene rings is 1. The number of phenolic OH excluding ortho intramolecular Hbond substituents is 1. The molecule has 0 radical (unpaired) electrons. The molecule has 0 unspecified atom stereocenters. The Morgan fingerprint density at radius 3 is 2.50 bits per heavy atom. The van der Waals surface area contributed by atoms with E-state index >= 15 is 0 Å². The van der Waals surface area contributed by atoms with Crippen LogP contribution in [0.1, 0.15) is 37.9 Å². The number of rotatable bonds is 3. The Morgan fingerprint density at radius 1 is 1.36 bits per heavy atom. The van der Waals surface area contributed by atoms with Crippen molar-refractivity contribution in [2.45, 2.75) is 33.2 Å². The van der Waals surface area contributed by atoms with E-state index < -0.39 is 0 Å². The molecule has 1 aromatic rings. The number of phenols is 1. The van der Waals surface area contributed by atoms with Gasteiger partial charge in [-0.15, -0.1) is 0 Å². The number of hydrogen-bond donors (Lipinski definition) is 2. The third kappa shape index (κ3) is 2.26. The average molecular weight is 193 g/mol. The Morgan fingerprint density at radius 2 is 2.00 bits per heavy atom. The topological polar surface area (TPSA) is 46.2 Å². The Labute approximate surface area is 85.8 Å². The zero-order chi connectivity index (χ0) is 10.7. The average Bonchev–Trinajstić information content (AvgIpc) is 2.16. The Balaban J connectivity index is 3.10. The van der Waals surface area contributed by atoms with Crippen molar-refractivity contribution in [3.63, 3.8) is 0 Å². The quantitative estimate of drug-likeness (QED) is 0.775. The van der Waals surface area contributed by atoms with E-state index in [1.54, 1.807) is 12.1 Å². The molecule has 0 saturated heterocycles. The Bertz CT molecular complexity index is 307. The van der Waals surface area contributed by atoms with Gasteiger partial charge in [-0.3, -0.25) is 0 Å². The fourth-order valence-corrected chi connectivity index (χ4v) is 1.57. The second-order valence-corrected chi connectivity index (χ2v) is 4.01. The molecule has 0 spiro atoms. The molecule has 1 atom stereocenters. The van der Waals surface area contributed by atoms with Crippen molar-refractivity contribution >= 4 is 0 Å². The van der Waals surface area contributed by atoms with Gasteiger partial charge in [-0.1, -0.05) is 26.8 Å². The summed E-state index contributed by atoms with van der Waals surface area (Å²) in [6, 6.07) is 5.46. The standard InChI is InChI=1S/C12H19NO/c1-4-9-5-6-10(14)7-11(9)12(13)8(2)3/h5-8,12,14H,4,13H2,1-3H3/t12-/m1/s1. The van der Waals surface area contributed by atoms with Gasteiger partial charge in [0, 0.05) is 6.04 Å². The maximum Gasteiger partial charge on any atom is 0.115 e. The van der Waals surface area contributed by atoms with Crippen molar-refractivity contribution < 1.29 is 5.11 Å². The molecule has 0 aliphatic heterocycles. The lowest BCUT2D eigenvalue weighted by Gasteiger charge is -2.19. The predicted molar refractivity (Wildman–Crippen MR) is 59.3 cm³/mol. The summed E-state index contributed by atoms with van der Waals surface area (Å²) < 4.78 is 0. The SMILES string of the molecule is CCc1ccc(O)cc1[C@H](N)C(C)C. The molecule has 0 aliphatic rings. The van der Waals surface area contributed by atoms with Crippen molar-refractivity contribution in [2.24, 2.45) is 11.7 Å². The van der Waals surface area contributed by atoms with Crippen molar-refractivity contribution in [3.8, 4) is 5.75 Å². The summed E-state index contributed by atoms with van der Waals surface area (Å²) in [6.07, 6.45) is 0.954. The first-order valence-electron chi connectivity index (χ1n) is 5.13. The van der Waals surface area contributed by atoms with E-state index in [1.807, 2.05) is 6.07 Å². The van der Waals surface area contributed by atoms with Crippen molar-refractivity contribution in [3.05, 3.63) is 29.3 Å². The fourth-order valence-electron chi connectivity index (χ4n) is 1.57. The van der Waals surface area contributed by atoms with Gasteiger partial charge in [0.1, 0.15) is 5.75 Å². The molecule has 0 aliphatic carbocycles. The molecular weight excluding hydrogens is 174 g/mol. The smallest absolute Gasteiger partial charge is 0.115 e. The molecule has 0 aromatic heterocycles. The first-order chi connectivity index (χ1) is 6.56. The Hall–Kier alpha value is -1.02. The number of nitrogens with two attached hydrogens (primary N) is 1. The molecule has 0 fully saturated rings. The second kappa shape index (κ2) is 4.47. The summed E-state index contributed by atoms with van der Waals surface area (Å²) in [7, 11) is 0. The van der Waals surface area contributed by atoms with E-state index in [2.05, 4.69) is 20.8 Å². The lowest BCUT2D eigenvalue weighted by atomic mass is 9.92. The van der Waals surface area contributed by atoms with Crippen LogP contribution in [0.2, 0.25) is 0 Å². The second-order valence-electron chi connectivity index (χ2n) is 4.01. The molecule has 3 N–H and O–H groups in total. The summed E-state index contributed by atoms with van der Waals surface area (Å²) in [6.45, 7) is 6.28. The highest BCUT2D eigenvalue weighted by Crippen LogP contribution is 2.26. The molecule has 14 heavy (non-hydrogen) atoms. The predicted octanol–water partition coefficient (Wildman–Crippen LogP) is 2.61. The van der Waals surface area contributed by atoms with Crippen molar-refractivity contribution in [2.75, 3.05) is 0 Å². The van der Waals surface area contributed by atoms with Gasteiger partial charge in [0.25, 0.3) is 0 Å². The summed E-state index contributed by atoms with van der Waals surface area (Å²) in [5.41, 5.74) is 8.37. The van der Waals surface area contributed by atoms with Crippen LogP contribution in [0.15, 0.2) is 18.2 Å². The monoisotopic (exact) mass is 193 g/mol. The zero-order valence-electron chi connectivity index (χ0n) is 9.12. The molecule has 2 nitrogen and oxygen atoms in total. The van der Waals surface area contributed by atoms with Crippen LogP contribution in [0.4, 0.5) is 0 Å². The third-order valence-corrected chi connectivity index (χ3v) is 2.59. The van der Waals surface area contributed by atoms with Crippen LogP contribution in [0.3, 0.4) is 0 Å². The van der Waals surface area contributed by atoms with E-state index in [-0.39, 0.29) is 6.04 Å². The van der Waals surface area contributed by atoms with Crippen LogP contribution in [0.5, 0.6) is 5.75 Å². The van der Waals surface area contributed by atoms with Crippen LogP contribution < -0.4 is 5.73 Å². The van der Waals surface area contributed by atoms with E-state index in [0.29, 0.717) is 11.7 Å². The van der Waals surface area contributed by atoms with Gasteiger partial charge in [0.15, 0.2) is 0 Å². The van der Waals surface area contributed by atoms with Crippen LogP contribution >= 0.6 is 0 Å². The van der Waals surface area contributed by atoms with Crippen LogP contribution in [0.25, 0.3) is 0 Å². The molecule has 1 aromatic carbocycles. The maximum absolute atomic E-state index is 9.41.